The highest BCUT2D eigenvalue weighted by Crippen LogP contribution is 2.33. The van der Waals surface area contributed by atoms with Crippen molar-refractivity contribution in [1.82, 2.24) is 9.88 Å². The Bertz CT molecular complexity index is 822. The van der Waals surface area contributed by atoms with Gasteiger partial charge in [-0.3, -0.25) is 9.78 Å². The molecular weight excluding hydrogens is 342 g/mol. The molecule has 1 aliphatic heterocycles. The summed E-state index contributed by atoms with van der Waals surface area (Å²) in [5.41, 5.74) is 3.66. The summed E-state index contributed by atoms with van der Waals surface area (Å²) >= 11 is 0. The third-order valence-corrected chi connectivity index (χ3v) is 5.01. The zero-order valence-electron chi connectivity index (χ0n) is 16.4. The summed E-state index contributed by atoms with van der Waals surface area (Å²) in [7, 11) is 3.25. The van der Waals surface area contributed by atoms with Crippen LogP contribution in [0.5, 0.6) is 11.5 Å². The lowest BCUT2D eigenvalue weighted by Crippen LogP contribution is -2.36. The fourth-order valence-electron chi connectivity index (χ4n) is 3.24. The van der Waals surface area contributed by atoms with Crippen molar-refractivity contribution in [3.05, 3.63) is 47.3 Å². The summed E-state index contributed by atoms with van der Waals surface area (Å²) in [6.07, 6.45) is 3.48. The van der Waals surface area contributed by atoms with E-state index in [0.29, 0.717) is 30.6 Å². The molecular formula is C21H27N3O3. The van der Waals surface area contributed by atoms with E-state index in [2.05, 4.69) is 24.1 Å². The lowest BCUT2D eigenvalue weighted by molar-refractivity contribution is 0.0728. The molecule has 1 unspecified atom stereocenters. The predicted molar refractivity (Wildman–Crippen MR) is 106 cm³/mol. The normalized spacial score (nSPS) is 14.3. The lowest BCUT2D eigenvalue weighted by Gasteiger charge is -2.29. The number of nitrogens with one attached hydrogen (secondary N) is 1. The molecule has 1 aromatic carbocycles. The molecule has 0 radical (unpaired) electrons. The first kappa shape index (κ1) is 19.0. The number of carbonyl (C=O) groups is 1. The third-order valence-electron chi connectivity index (χ3n) is 5.01. The van der Waals surface area contributed by atoms with Gasteiger partial charge in [-0.1, -0.05) is 6.92 Å². The molecule has 6 nitrogen and oxygen atoms in total. The minimum absolute atomic E-state index is 0.0526. The first-order valence-electron chi connectivity index (χ1n) is 9.31. The van der Waals surface area contributed by atoms with Crippen LogP contribution in [0.1, 0.15) is 41.9 Å². The van der Waals surface area contributed by atoms with Crippen molar-refractivity contribution in [1.29, 1.82) is 0 Å². The monoisotopic (exact) mass is 369 g/mol. The molecule has 0 aliphatic carbocycles. The lowest BCUT2D eigenvalue weighted by atomic mass is 9.98. The molecule has 0 saturated carbocycles. The molecule has 1 atom stereocenters. The number of benzene rings is 1. The summed E-state index contributed by atoms with van der Waals surface area (Å²) in [5, 5.41) is 3.39. The Morgan fingerprint density at radius 2 is 1.93 bits per heavy atom. The number of amides is 1. The Hall–Kier alpha value is -2.76. The Kier molecular flexibility index (Phi) is 5.84. The molecule has 1 aliphatic rings. The van der Waals surface area contributed by atoms with Crippen LogP contribution in [-0.2, 0) is 13.0 Å². The second-order valence-corrected chi connectivity index (χ2v) is 6.84. The predicted octanol–water partition coefficient (Wildman–Crippen LogP) is 3.51. The molecule has 1 aromatic heterocycles. The maximum absolute atomic E-state index is 13.0. The van der Waals surface area contributed by atoms with Gasteiger partial charge in [0.2, 0.25) is 0 Å². The van der Waals surface area contributed by atoms with Crippen LogP contribution in [0.3, 0.4) is 0 Å². The van der Waals surface area contributed by atoms with E-state index >= 15 is 0 Å². The van der Waals surface area contributed by atoms with Gasteiger partial charge in [0, 0.05) is 31.0 Å². The first-order valence-corrected chi connectivity index (χ1v) is 9.31. The maximum Gasteiger partial charge on any atom is 0.272 e. The number of rotatable bonds is 6. The van der Waals surface area contributed by atoms with E-state index in [4.69, 9.17) is 9.47 Å². The highest BCUT2D eigenvalue weighted by molar-refractivity contribution is 5.93. The third kappa shape index (κ3) is 4.15. The van der Waals surface area contributed by atoms with Crippen molar-refractivity contribution >= 4 is 11.6 Å². The zero-order valence-corrected chi connectivity index (χ0v) is 16.4. The molecule has 0 spiro atoms. The van der Waals surface area contributed by atoms with Crippen LogP contribution in [0.2, 0.25) is 0 Å². The van der Waals surface area contributed by atoms with Crippen LogP contribution in [0.4, 0.5) is 5.69 Å². The van der Waals surface area contributed by atoms with E-state index in [1.165, 1.54) is 5.56 Å². The smallest absolute Gasteiger partial charge is 0.272 e. The van der Waals surface area contributed by atoms with Crippen LogP contribution in [0.15, 0.2) is 30.5 Å². The number of anilines is 1. The summed E-state index contributed by atoms with van der Waals surface area (Å²) < 4.78 is 10.8. The van der Waals surface area contributed by atoms with Crippen LogP contribution in [-0.4, -0.2) is 42.6 Å². The molecule has 1 amide bonds. The topological polar surface area (TPSA) is 63.7 Å². The van der Waals surface area contributed by atoms with Crippen LogP contribution in [0.25, 0.3) is 0 Å². The van der Waals surface area contributed by atoms with Crippen molar-refractivity contribution in [2.45, 2.75) is 39.3 Å². The quantitative estimate of drug-likeness (QED) is 0.844. The number of aromatic nitrogens is 1. The highest BCUT2D eigenvalue weighted by Gasteiger charge is 2.24. The van der Waals surface area contributed by atoms with Crippen molar-refractivity contribution in [2.75, 3.05) is 26.1 Å². The SMILES string of the molecule is CCC(C)Nc1ccnc(C(=O)N2CCc3cc(OC)c(OC)cc3C2)c1. The van der Waals surface area contributed by atoms with Gasteiger partial charge in [-0.05, 0) is 55.2 Å². The van der Waals surface area contributed by atoms with Gasteiger partial charge in [0.25, 0.3) is 5.91 Å². The first-order chi connectivity index (χ1) is 13.0. The standard InChI is InChI=1S/C21H27N3O3/c1-5-14(2)23-17-6-8-22-18(12-17)21(25)24-9-7-15-10-19(26-3)20(27-4)11-16(15)13-24/h6,8,10-12,14H,5,7,9,13H2,1-4H3,(H,22,23). The maximum atomic E-state index is 13.0. The minimum atomic E-state index is -0.0526. The second kappa shape index (κ2) is 8.29. The van der Waals surface area contributed by atoms with E-state index < -0.39 is 0 Å². The van der Waals surface area contributed by atoms with Crippen LogP contribution < -0.4 is 14.8 Å². The van der Waals surface area contributed by atoms with E-state index in [0.717, 1.165) is 29.8 Å². The van der Waals surface area contributed by atoms with Crippen LogP contribution >= 0.6 is 0 Å². The number of methoxy groups -OCH3 is 2. The van der Waals surface area contributed by atoms with Crippen molar-refractivity contribution in [3.63, 3.8) is 0 Å². The Morgan fingerprint density at radius 1 is 1.22 bits per heavy atom. The molecule has 1 N–H and O–H groups in total. The fraction of sp³-hybridized carbons (Fsp3) is 0.429. The van der Waals surface area contributed by atoms with E-state index in [1.54, 1.807) is 20.4 Å². The summed E-state index contributed by atoms with van der Waals surface area (Å²) in [4.78, 5) is 19.1. The average molecular weight is 369 g/mol. The Balaban J connectivity index is 1.79. The molecule has 144 valence electrons. The zero-order chi connectivity index (χ0) is 19.4. The van der Waals surface area contributed by atoms with Gasteiger partial charge in [0.1, 0.15) is 5.69 Å². The number of nitrogens with zero attached hydrogens (tertiary/aromatic N) is 2. The van der Waals surface area contributed by atoms with Gasteiger partial charge in [-0.2, -0.15) is 0 Å². The van der Waals surface area contributed by atoms with Crippen LogP contribution in [0, 0.1) is 0 Å². The van der Waals surface area contributed by atoms with Gasteiger partial charge in [0.15, 0.2) is 11.5 Å². The van der Waals surface area contributed by atoms with Crippen molar-refractivity contribution < 1.29 is 14.3 Å². The van der Waals surface area contributed by atoms with Gasteiger partial charge in [-0.25, -0.2) is 0 Å². The van der Waals surface area contributed by atoms with Gasteiger partial charge in [0.05, 0.1) is 14.2 Å². The minimum Gasteiger partial charge on any atom is -0.493 e. The number of carbonyl (C=O) groups excluding carboxylic acids is 1. The molecule has 2 aromatic rings. The van der Waals surface area contributed by atoms with Gasteiger partial charge >= 0.3 is 0 Å². The summed E-state index contributed by atoms with van der Waals surface area (Å²) in [5.74, 6) is 1.35. The Morgan fingerprint density at radius 3 is 2.59 bits per heavy atom. The number of fused-ring (bicyclic) bond motifs is 1. The summed E-state index contributed by atoms with van der Waals surface area (Å²) in [6.45, 7) is 5.44. The van der Waals surface area contributed by atoms with Crippen molar-refractivity contribution in [3.8, 4) is 11.5 Å². The molecule has 0 saturated heterocycles. The molecule has 27 heavy (non-hydrogen) atoms. The van der Waals surface area contributed by atoms with E-state index in [9.17, 15) is 4.79 Å². The number of ether oxygens (including phenoxy) is 2. The largest absolute Gasteiger partial charge is 0.493 e. The summed E-state index contributed by atoms with van der Waals surface area (Å²) in [6, 6.07) is 8.04. The number of hydrogen-bond acceptors (Lipinski definition) is 5. The molecule has 0 bridgehead atoms. The second-order valence-electron chi connectivity index (χ2n) is 6.84. The van der Waals surface area contributed by atoms with Crippen molar-refractivity contribution in [2.24, 2.45) is 0 Å². The van der Waals surface area contributed by atoms with E-state index in [-0.39, 0.29) is 5.91 Å². The fourth-order valence-corrected chi connectivity index (χ4v) is 3.24. The number of pyridine rings is 1. The molecule has 6 heteroatoms. The molecule has 0 fully saturated rings. The highest BCUT2D eigenvalue weighted by atomic mass is 16.5. The van der Waals surface area contributed by atoms with Gasteiger partial charge < -0.3 is 19.7 Å². The Labute approximate surface area is 160 Å². The number of hydrogen-bond donors (Lipinski definition) is 1. The average Bonchev–Trinajstić information content (AvgIpc) is 2.71. The molecule has 3 rings (SSSR count). The van der Waals surface area contributed by atoms with Gasteiger partial charge in [-0.15, -0.1) is 0 Å². The van der Waals surface area contributed by atoms with E-state index in [1.807, 2.05) is 29.2 Å². The molecule has 2 heterocycles.